The van der Waals surface area contributed by atoms with Crippen molar-refractivity contribution < 1.29 is 8.42 Å². The number of nitrogens with zero attached hydrogens (tertiary/aromatic N) is 1. The van der Waals surface area contributed by atoms with Crippen LogP contribution in [0, 0.1) is 0 Å². The minimum atomic E-state index is -3.42. The van der Waals surface area contributed by atoms with E-state index in [0.717, 1.165) is 5.56 Å². The number of thiocarbonyl (C=S) groups is 1. The van der Waals surface area contributed by atoms with Gasteiger partial charge >= 0.3 is 0 Å². The molecule has 0 bridgehead atoms. The Hall–Kier alpha value is -1.51. The average Bonchev–Trinajstić information content (AvgIpc) is 2.44. The molecule has 1 aromatic carbocycles. The van der Waals surface area contributed by atoms with E-state index in [9.17, 15) is 8.42 Å². The molecule has 0 unspecified atom stereocenters. The SMILES string of the molecule is CNS(=O)(=O)c1ccc(/C(C)=N\NC(=S)NC(C)C)cc1. The van der Waals surface area contributed by atoms with Crippen molar-refractivity contribution in [2.24, 2.45) is 5.10 Å². The minimum absolute atomic E-state index is 0.214. The summed E-state index contributed by atoms with van der Waals surface area (Å²) in [6, 6.07) is 6.69. The molecule has 0 aromatic heterocycles. The van der Waals surface area contributed by atoms with E-state index in [-0.39, 0.29) is 10.9 Å². The summed E-state index contributed by atoms with van der Waals surface area (Å²) in [5, 5.41) is 7.61. The van der Waals surface area contributed by atoms with E-state index in [1.165, 1.54) is 19.2 Å². The van der Waals surface area contributed by atoms with Gasteiger partial charge in [0.25, 0.3) is 0 Å². The van der Waals surface area contributed by atoms with Crippen molar-refractivity contribution in [3.8, 4) is 0 Å². The summed E-state index contributed by atoms with van der Waals surface area (Å²) >= 11 is 5.07. The molecular formula is C13H20N4O2S2. The van der Waals surface area contributed by atoms with E-state index >= 15 is 0 Å². The zero-order valence-corrected chi connectivity index (χ0v) is 14.1. The molecule has 0 saturated heterocycles. The Kier molecular flexibility index (Phi) is 6.25. The average molecular weight is 328 g/mol. The lowest BCUT2D eigenvalue weighted by Gasteiger charge is -2.10. The Balaban J connectivity index is 2.80. The van der Waals surface area contributed by atoms with Crippen LogP contribution in [-0.4, -0.2) is 32.3 Å². The van der Waals surface area contributed by atoms with Crippen LogP contribution in [-0.2, 0) is 10.0 Å². The largest absolute Gasteiger partial charge is 0.359 e. The van der Waals surface area contributed by atoms with Crippen molar-refractivity contribution in [2.75, 3.05) is 7.05 Å². The predicted molar refractivity (Wildman–Crippen MR) is 88.9 cm³/mol. The van der Waals surface area contributed by atoms with Crippen LogP contribution in [0.1, 0.15) is 26.3 Å². The van der Waals surface area contributed by atoms with Crippen molar-refractivity contribution in [3.63, 3.8) is 0 Å². The molecule has 0 amide bonds. The molecule has 0 aliphatic rings. The molecule has 6 nitrogen and oxygen atoms in total. The van der Waals surface area contributed by atoms with Crippen LogP contribution < -0.4 is 15.5 Å². The van der Waals surface area contributed by atoms with E-state index in [1.54, 1.807) is 12.1 Å². The van der Waals surface area contributed by atoms with Crippen molar-refractivity contribution in [3.05, 3.63) is 29.8 Å². The molecule has 0 heterocycles. The molecular weight excluding hydrogens is 308 g/mol. The molecule has 3 N–H and O–H groups in total. The number of nitrogens with one attached hydrogen (secondary N) is 3. The van der Waals surface area contributed by atoms with E-state index in [1.807, 2.05) is 20.8 Å². The van der Waals surface area contributed by atoms with Crippen LogP contribution in [0.3, 0.4) is 0 Å². The summed E-state index contributed by atoms with van der Waals surface area (Å²) < 4.78 is 25.5. The Morgan fingerprint density at radius 2 is 1.81 bits per heavy atom. The third-order valence-corrected chi connectivity index (χ3v) is 4.24. The zero-order chi connectivity index (χ0) is 16.0. The van der Waals surface area contributed by atoms with Crippen LogP contribution in [0.5, 0.6) is 0 Å². The van der Waals surface area contributed by atoms with Gasteiger partial charge in [-0.15, -0.1) is 0 Å². The highest BCUT2D eigenvalue weighted by Gasteiger charge is 2.10. The van der Waals surface area contributed by atoms with Gasteiger partial charge in [0.1, 0.15) is 0 Å². The van der Waals surface area contributed by atoms with Gasteiger partial charge < -0.3 is 5.32 Å². The monoisotopic (exact) mass is 328 g/mol. The van der Waals surface area contributed by atoms with Gasteiger partial charge in [-0.05, 0) is 57.7 Å². The maximum Gasteiger partial charge on any atom is 0.240 e. The Bertz CT molecular complexity index is 622. The molecule has 0 spiro atoms. The third-order valence-electron chi connectivity index (χ3n) is 2.60. The highest BCUT2D eigenvalue weighted by molar-refractivity contribution is 7.89. The first kappa shape index (κ1) is 17.5. The topological polar surface area (TPSA) is 82.6 Å². The normalized spacial score (nSPS) is 12.3. The maximum atomic E-state index is 11.6. The van der Waals surface area contributed by atoms with Crippen LogP contribution in [0.4, 0.5) is 0 Å². The predicted octanol–water partition coefficient (Wildman–Crippen LogP) is 1.19. The number of sulfonamides is 1. The van der Waals surface area contributed by atoms with Gasteiger partial charge in [-0.2, -0.15) is 5.10 Å². The molecule has 1 rings (SSSR count). The number of benzene rings is 1. The molecule has 0 radical (unpaired) electrons. The smallest absolute Gasteiger partial charge is 0.240 e. The van der Waals surface area contributed by atoms with Crippen LogP contribution >= 0.6 is 12.2 Å². The fraction of sp³-hybridized carbons (Fsp3) is 0.385. The van der Waals surface area contributed by atoms with Gasteiger partial charge in [0.15, 0.2) is 5.11 Å². The number of hydrogen-bond donors (Lipinski definition) is 3. The van der Waals surface area contributed by atoms with E-state index in [4.69, 9.17) is 12.2 Å². The molecule has 116 valence electrons. The van der Waals surface area contributed by atoms with E-state index < -0.39 is 10.0 Å². The van der Waals surface area contributed by atoms with Crippen LogP contribution in [0.25, 0.3) is 0 Å². The molecule has 0 atom stereocenters. The Morgan fingerprint density at radius 1 is 1.24 bits per heavy atom. The van der Waals surface area contributed by atoms with Crippen molar-refractivity contribution in [1.82, 2.24) is 15.5 Å². The second-order valence-electron chi connectivity index (χ2n) is 4.67. The quantitative estimate of drug-likeness (QED) is 0.430. The standard InChI is InChI=1S/C13H20N4O2S2/c1-9(2)15-13(20)17-16-10(3)11-5-7-12(8-6-11)21(18,19)14-4/h5-9,14H,1-4H3,(H2,15,17,20)/b16-10-. The number of hydrogen-bond acceptors (Lipinski definition) is 4. The first-order chi connectivity index (χ1) is 9.76. The summed E-state index contributed by atoms with van der Waals surface area (Å²) in [4.78, 5) is 0.214. The second kappa shape index (κ2) is 7.48. The maximum absolute atomic E-state index is 11.6. The lowest BCUT2D eigenvalue weighted by Crippen LogP contribution is -2.37. The van der Waals surface area contributed by atoms with Gasteiger partial charge in [0.05, 0.1) is 10.6 Å². The molecule has 8 heteroatoms. The minimum Gasteiger partial charge on any atom is -0.359 e. The van der Waals surface area contributed by atoms with Crippen molar-refractivity contribution in [2.45, 2.75) is 31.7 Å². The molecule has 0 aliphatic heterocycles. The summed E-state index contributed by atoms with van der Waals surface area (Å²) in [5.74, 6) is 0. The number of hydrazone groups is 1. The number of rotatable bonds is 5. The Labute approximate surface area is 131 Å². The van der Waals surface area contributed by atoms with Crippen molar-refractivity contribution >= 4 is 33.1 Å². The van der Waals surface area contributed by atoms with Gasteiger partial charge in [-0.1, -0.05) is 12.1 Å². The fourth-order valence-electron chi connectivity index (χ4n) is 1.49. The first-order valence-electron chi connectivity index (χ1n) is 6.41. The highest BCUT2D eigenvalue weighted by Crippen LogP contribution is 2.10. The second-order valence-corrected chi connectivity index (χ2v) is 6.96. The van der Waals surface area contributed by atoms with Crippen molar-refractivity contribution in [1.29, 1.82) is 0 Å². The molecule has 0 aliphatic carbocycles. The Morgan fingerprint density at radius 3 is 2.29 bits per heavy atom. The molecule has 21 heavy (non-hydrogen) atoms. The summed E-state index contributed by atoms with van der Waals surface area (Å²) in [7, 11) is -2.04. The lowest BCUT2D eigenvalue weighted by molar-refractivity contribution is 0.588. The zero-order valence-electron chi connectivity index (χ0n) is 12.5. The summed E-state index contributed by atoms with van der Waals surface area (Å²) in [6.45, 7) is 5.77. The van der Waals surface area contributed by atoms with Gasteiger partial charge in [0.2, 0.25) is 10.0 Å². The van der Waals surface area contributed by atoms with Gasteiger partial charge in [-0.3, -0.25) is 5.43 Å². The highest BCUT2D eigenvalue weighted by atomic mass is 32.2. The lowest BCUT2D eigenvalue weighted by atomic mass is 10.1. The molecule has 1 aromatic rings. The third kappa shape index (κ3) is 5.41. The first-order valence-corrected chi connectivity index (χ1v) is 8.30. The van der Waals surface area contributed by atoms with Gasteiger partial charge in [-0.25, -0.2) is 13.1 Å². The molecule has 0 fully saturated rings. The van der Waals surface area contributed by atoms with E-state index in [2.05, 4.69) is 20.6 Å². The summed E-state index contributed by atoms with van der Waals surface area (Å²) in [6.07, 6.45) is 0. The van der Waals surface area contributed by atoms with Crippen LogP contribution in [0.2, 0.25) is 0 Å². The van der Waals surface area contributed by atoms with Crippen LogP contribution in [0.15, 0.2) is 34.3 Å². The van der Waals surface area contributed by atoms with E-state index in [0.29, 0.717) is 10.8 Å². The fourth-order valence-corrected chi connectivity index (χ4v) is 2.50. The summed E-state index contributed by atoms with van der Waals surface area (Å²) in [5.41, 5.74) is 4.26. The van der Waals surface area contributed by atoms with Gasteiger partial charge in [0, 0.05) is 6.04 Å². The molecule has 0 saturated carbocycles.